The number of rotatable bonds is 5. The maximum absolute atomic E-state index is 5.40. The minimum atomic E-state index is 0.181. The second-order valence-electron chi connectivity index (χ2n) is 5.66. The Morgan fingerprint density at radius 3 is 2.18 bits per heavy atom. The van der Waals surface area contributed by atoms with Crippen LogP contribution in [-0.4, -0.2) is 5.11 Å². The summed E-state index contributed by atoms with van der Waals surface area (Å²) < 4.78 is 0. The highest BCUT2D eigenvalue weighted by atomic mass is 32.1. The van der Waals surface area contributed by atoms with Crippen molar-refractivity contribution >= 4 is 23.0 Å². The van der Waals surface area contributed by atoms with Crippen molar-refractivity contribution in [3.63, 3.8) is 0 Å². The average Bonchev–Trinajstić information content (AvgIpc) is 2.55. The number of benzene rings is 2. The van der Waals surface area contributed by atoms with Crippen molar-refractivity contribution in [2.45, 2.75) is 39.2 Å². The van der Waals surface area contributed by atoms with E-state index in [1.165, 1.54) is 11.1 Å². The molecule has 0 heterocycles. The van der Waals surface area contributed by atoms with Crippen molar-refractivity contribution in [2.24, 2.45) is 0 Å². The Bertz CT molecular complexity index is 593. The van der Waals surface area contributed by atoms with Gasteiger partial charge in [-0.05, 0) is 54.7 Å². The van der Waals surface area contributed by atoms with E-state index < -0.39 is 0 Å². The SMILES string of the molecule is CCC(C)c1ccc(NC(=S)NC(C)c2ccccc2)cc1. The van der Waals surface area contributed by atoms with E-state index >= 15 is 0 Å². The molecule has 2 aromatic carbocycles. The predicted molar refractivity (Wildman–Crippen MR) is 99.4 cm³/mol. The van der Waals surface area contributed by atoms with E-state index in [0.29, 0.717) is 11.0 Å². The van der Waals surface area contributed by atoms with Gasteiger partial charge in [0.25, 0.3) is 0 Å². The van der Waals surface area contributed by atoms with E-state index in [4.69, 9.17) is 12.2 Å². The van der Waals surface area contributed by atoms with Crippen molar-refractivity contribution < 1.29 is 0 Å². The molecule has 2 rings (SSSR count). The largest absolute Gasteiger partial charge is 0.356 e. The summed E-state index contributed by atoms with van der Waals surface area (Å²) in [6, 6.07) is 19.0. The highest BCUT2D eigenvalue weighted by molar-refractivity contribution is 7.80. The molecule has 0 radical (unpaired) electrons. The third-order valence-corrected chi connectivity index (χ3v) is 4.22. The van der Waals surface area contributed by atoms with Crippen LogP contribution in [0.2, 0.25) is 0 Å². The second kappa shape index (κ2) is 7.95. The quantitative estimate of drug-likeness (QED) is 0.738. The van der Waals surface area contributed by atoms with E-state index in [-0.39, 0.29) is 6.04 Å². The van der Waals surface area contributed by atoms with E-state index in [0.717, 1.165) is 12.1 Å². The Balaban J connectivity index is 1.92. The third kappa shape index (κ3) is 4.57. The molecule has 0 aliphatic heterocycles. The topological polar surface area (TPSA) is 24.1 Å². The van der Waals surface area contributed by atoms with Gasteiger partial charge in [0, 0.05) is 5.69 Å². The third-order valence-electron chi connectivity index (χ3n) is 4.00. The lowest BCUT2D eigenvalue weighted by Crippen LogP contribution is -2.30. The lowest BCUT2D eigenvalue weighted by atomic mass is 9.99. The molecule has 0 bridgehead atoms. The van der Waals surface area contributed by atoms with Crippen LogP contribution in [-0.2, 0) is 0 Å². The molecule has 0 aliphatic rings. The highest BCUT2D eigenvalue weighted by Gasteiger charge is 2.07. The molecule has 0 fully saturated rings. The van der Waals surface area contributed by atoms with Gasteiger partial charge in [-0.2, -0.15) is 0 Å². The van der Waals surface area contributed by atoms with Gasteiger partial charge in [-0.3, -0.25) is 0 Å². The fourth-order valence-electron chi connectivity index (χ4n) is 2.32. The summed E-state index contributed by atoms with van der Waals surface area (Å²) in [5.41, 5.74) is 3.60. The van der Waals surface area contributed by atoms with Crippen LogP contribution in [0.3, 0.4) is 0 Å². The molecule has 3 heteroatoms. The predicted octanol–water partition coefficient (Wildman–Crippen LogP) is 5.25. The van der Waals surface area contributed by atoms with Gasteiger partial charge in [0.1, 0.15) is 0 Å². The molecule has 0 saturated carbocycles. The van der Waals surface area contributed by atoms with Gasteiger partial charge >= 0.3 is 0 Å². The molecule has 2 aromatic rings. The van der Waals surface area contributed by atoms with Crippen LogP contribution in [0.5, 0.6) is 0 Å². The van der Waals surface area contributed by atoms with Crippen LogP contribution >= 0.6 is 12.2 Å². The van der Waals surface area contributed by atoms with E-state index in [9.17, 15) is 0 Å². The molecule has 0 aliphatic carbocycles. The Kier molecular flexibility index (Phi) is 5.96. The highest BCUT2D eigenvalue weighted by Crippen LogP contribution is 2.20. The summed E-state index contributed by atoms with van der Waals surface area (Å²) in [6.07, 6.45) is 1.15. The van der Waals surface area contributed by atoms with Crippen molar-refractivity contribution in [1.82, 2.24) is 5.32 Å². The molecule has 2 atom stereocenters. The van der Waals surface area contributed by atoms with Gasteiger partial charge in [0.15, 0.2) is 5.11 Å². The Hall–Kier alpha value is -1.87. The van der Waals surface area contributed by atoms with Crippen molar-refractivity contribution in [1.29, 1.82) is 0 Å². The fraction of sp³-hybridized carbons (Fsp3) is 0.316. The lowest BCUT2D eigenvalue weighted by Gasteiger charge is -2.18. The Labute approximate surface area is 139 Å². The number of thiocarbonyl (C=S) groups is 1. The van der Waals surface area contributed by atoms with Crippen LogP contribution in [0.15, 0.2) is 54.6 Å². The molecule has 2 N–H and O–H groups in total. The van der Waals surface area contributed by atoms with Gasteiger partial charge in [0.05, 0.1) is 6.04 Å². The molecule has 0 amide bonds. The smallest absolute Gasteiger partial charge is 0.171 e. The summed E-state index contributed by atoms with van der Waals surface area (Å²) in [4.78, 5) is 0. The molecule has 2 nitrogen and oxygen atoms in total. The van der Waals surface area contributed by atoms with E-state index in [1.54, 1.807) is 0 Å². The first kappa shape index (κ1) is 16.5. The Morgan fingerprint density at radius 2 is 1.59 bits per heavy atom. The molecule has 0 spiro atoms. The fourth-order valence-corrected chi connectivity index (χ4v) is 2.61. The zero-order valence-corrected chi connectivity index (χ0v) is 14.3. The second-order valence-corrected chi connectivity index (χ2v) is 6.07. The van der Waals surface area contributed by atoms with Gasteiger partial charge in [-0.25, -0.2) is 0 Å². The molecule has 116 valence electrons. The molecular weight excluding hydrogens is 288 g/mol. The zero-order chi connectivity index (χ0) is 15.9. The van der Waals surface area contributed by atoms with Crippen LogP contribution in [0, 0.1) is 0 Å². The summed E-state index contributed by atoms with van der Waals surface area (Å²) in [5, 5.41) is 7.21. The van der Waals surface area contributed by atoms with Gasteiger partial charge in [-0.15, -0.1) is 0 Å². The minimum absolute atomic E-state index is 0.181. The van der Waals surface area contributed by atoms with Crippen LogP contribution in [0.1, 0.15) is 50.3 Å². The summed E-state index contributed by atoms with van der Waals surface area (Å²) in [5.74, 6) is 0.595. The van der Waals surface area contributed by atoms with Gasteiger partial charge < -0.3 is 10.6 Å². The van der Waals surface area contributed by atoms with Gasteiger partial charge in [-0.1, -0.05) is 56.3 Å². The van der Waals surface area contributed by atoms with Crippen molar-refractivity contribution in [3.8, 4) is 0 Å². The normalized spacial score (nSPS) is 13.2. The number of hydrogen-bond donors (Lipinski definition) is 2. The molecular formula is C19H24N2S. The number of nitrogens with one attached hydrogen (secondary N) is 2. The van der Waals surface area contributed by atoms with Crippen LogP contribution in [0.25, 0.3) is 0 Å². The molecule has 0 aromatic heterocycles. The average molecular weight is 312 g/mol. The number of hydrogen-bond acceptors (Lipinski definition) is 1. The maximum atomic E-state index is 5.40. The monoisotopic (exact) mass is 312 g/mol. The zero-order valence-electron chi connectivity index (χ0n) is 13.5. The van der Waals surface area contributed by atoms with Crippen molar-refractivity contribution in [3.05, 3.63) is 65.7 Å². The maximum Gasteiger partial charge on any atom is 0.171 e. The molecule has 0 saturated heterocycles. The first-order chi connectivity index (χ1) is 10.6. The van der Waals surface area contributed by atoms with E-state index in [1.807, 2.05) is 18.2 Å². The van der Waals surface area contributed by atoms with E-state index in [2.05, 4.69) is 67.8 Å². The molecule has 22 heavy (non-hydrogen) atoms. The van der Waals surface area contributed by atoms with Crippen LogP contribution in [0.4, 0.5) is 5.69 Å². The summed E-state index contributed by atoms with van der Waals surface area (Å²) >= 11 is 5.40. The number of anilines is 1. The summed E-state index contributed by atoms with van der Waals surface area (Å²) in [6.45, 7) is 6.56. The summed E-state index contributed by atoms with van der Waals surface area (Å²) in [7, 11) is 0. The van der Waals surface area contributed by atoms with Gasteiger partial charge in [0.2, 0.25) is 0 Å². The first-order valence-corrected chi connectivity index (χ1v) is 8.23. The Morgan fingerprint density at radius 1 is 0.955 bits per heavy atom. The minimum Gasteiger partial charge on any atom is -0.356 e. The first-order valence-electron chi connectivity index (χ1n) is 7.82. The molecule has 2 unspecified atom stereocenters. The van der Waals surface area contributed by atoms with Crippen molar-refractivity contribution in [2.75, 3.05) is 5.32 Å². The standard InChI is InChI=1S/C19H24N2S/c1-4-14(2)16-10-12-18(13-11-16)21-19(22)20-15(3)17-8-6-5-7-9-17/h5-15H,4H2,1-3H3,(H2,20,21,22). The van der Waals surface area contributed by atoms with Crippen LogP contribution < -0.4 is 10.6 Å². The lowest BCUT2D eigenvalue weighted by molar-refractivity contribution is 0.722.